The minimum absolute atomic E-state index is 0.0163. The van der Waals surface area contributed by atoms with Crippen LogP contribution in [0.1, 0.15) is 18.4 Å². The summed E-state index contributed by atoms with van der Waals surface area (Å²) >= 11 is 1.71. The van der Waals surface area contributed by atoms with Crippen molar-refractivity contribution in [2.75, 3.05) is 19.6 Å². The van der Waals surface area contributed by atoms with E-state index < -0.39 is 15.8 Å². The number of hydrogen-bond donors (Lipinski definition) is 1. The highest BCUT2D eigenvalue weighted by molar-refractivity contribution is 7.89. The lowest BCUT2D eigenvalue weighted by Gasteiger charge is -2.31. The molecule has 1 aliphatic heterocycles. The zero-order chi connectivity index (χ0) is 17.0. The molecule has 4 nitrogen and oxygen atoms in total. The molecule has 0 bridgehead atoms. The van der Waals surface area contributed by atoms with Crippen LogP contribution in [0.2, 0.25) is 0 Å². The molecule has 2 aromatic rings. The van der Waals surface area contributed by atoms with Crippen LogP contribution in [0.3, 0.4) is 0 Å². The van der Waals surface area contributed by atoms with Crippen molar-refractivity contribution in [3.05, 3.63) is 52.5 Å². The summed E-state index contributed by atoms with van der Waals surface area (Å²) in [6.07, 6.45) is 1.94. The molecule has 0 aliphatic carbocycles. The van der Waals surface area contributed by atoms with Gasteiger partial charge in [-0.05, 0) is 72.4 Å². The second-order valence-electron chi connectivity index (χ2n) is 6.16. The molecule has 24 heavy (non-hydrogen) atoms. The van der Waals surface area contributed by atoms with Crippen LogP contribution in [0.25, 0.3) is 0 Å². The quantitative estimate of drug-likeness (QED) is 0.852. The molecule has 7 heteroatoms. The number of benzene rings is 1. The van der Waals surface area contributed by atoms with Gasteiger partial charge < -0.3 is 0 Å². The molecular weight excluding hydrogens is 347 g/mol. The Morgan fingerprint density at radius 3 is 2.71 bits per heavy atom. The summed E-state index contributed by atoms with van der Waals surface area (Å²) in [6, 6.07) is 7.25. The normalized spacial score (nSPS) is 17.2. The highest BCUT2D eigenvalue weighted by Crippen LogP contribution is 2.20. The first-order chi connectivity index (χ1) is 11.5. The average Bonchev–Trinajstić information content (AvgIpc) is 3.07. The molecule has 0 unspecified atom stereocenters. The van der Waals surface area contributed by atoms with Gasteiger partial charge in [0, 0.05) is 13.1 Å². The fourth-order valence-corrected chi connectivity index (χ4v) is 4.74. The Kier molecular flexibility index (Phi) is 5.65. The van der Waals surface area contributed by atoms with Crippen molar-refractivity contribution in [2.24, 2.45) is 5.92 Å². The summed E-state index contributed by atoms with van der Waals surface area (Å²) in [6.45, 7) is 3.32. The topological polar surface area (TPSA) is 49.4 Å². The minimum Gasteiger partial charge on any atom is -0.299 e. The number of thiophene rings is 1. The van der Waals surface area contributed by atoms with E-state index in [-0.39, 0.29) is 4.90 Å². The molecule has 2 heterocycles. The van der Waals surface area contributed by atoms with Gasteiger partial charge in [0.15, 0.2) is 0 Å². The van der Waals surface area contributed by atoms with E-state index in [1.807, 2.05) is 0 Å². The van der Waals surface area contributed by atoms with Crippen LogP contribution < -0.4 is 4.72 Å². The molecule has 3 rings (SSSR count). The van der Waals surface area contributed by atoms with E-state index >= 15 is 0 Å². The molecule has 1 aliphatic rings. The van der Waals surface area contributed by atoms with Crippen LogP contribution >= 0.6 is 11.3 Å². The molecule has 1 fully saturated rings. The number of nitrogens with zero attached hydrogens (tertiary/aromatic N) is 1. The van der Waals surface area contributed by atoms with Crippen LogP contribution in [0.15, 0.2) is 46.0 Å². The van der Waals surface area contributed by atoms with E-state index in [0.29, 0.717) is 12.5 Å². The van der Waals surface area contributed by atoms with E-state index in [1.165, 1.54) is 23.8 Å². The maximum atomic E-state index is 13.2. The van der Waals surface area contributed by atoms with Crippen molar-refractivity contribution in [2.45, 2.75) is 24.3 Å². The zero-order valence-electron chi connectivity index (χ0n) is 13.3. The molecule has 0 amide bonds. The summed E-state index contributed by atoms with van der Waals surface area (Å²) in [5.41, 5.74) is 1.34. The number of hydrogen-bond acceptors (Lipinski definition) is 4. The largest absolute Gasteiger partial charge is 0.299 e. The molecule has 1 saturated heterocycles. The smallest absolute Gasteiger partial charge is 0.240 e. The Labute approximate surface area is 146 Å². The third-order valence-electron chi connectivity index (χ3n) is 4.36. The lowest BCUT2D eigenvalue weighted by atomic mass is 9.97. The van der Waals surface area contributed by atoms with E-state index in [9.17, 15) is 12.8 Å². The maximum absolute atomic E-state index is 13.2. The van der Waals surface area contributed by atoms with Crippen molar-refractivity contribution >= 4 is 21.4 Å². The third-order valence-corrected chi connectivity index (χ3v) is 6.52. The van der Waals surface area contributed by atoms with Gasteiger partial charge >= 0.3 is 0 Å². The van der Waals surface area contributed by atoms with Crippen LogP contribution in [0.5, 0.6) is 0 Å². The van der Waals surface area contributed by atoms with Gasteiger partial charge in [0.2, 0.25) is 10.0 Å². The molecule has 0 radical (unpaired) electrons. The predicted molar refractivity (Wildman–Crippen MR) is 93.9 cm³/mol. The van der Waals surface area contributed by atoms with E-state index in [4.69, 9.17) is 0 Å². The minimum atomic E-state index is -3.64. The first-order valence-electron chi connectivity index (χ1n) is 8.01. The summed E-state index contributed by atoms with van der Waals surface area (Å²) in [4.78, 5) is 2.39. The van der Waals surface area contributed by atoms with Gasteiger partial charge in [0.1, 0.15) is 5.82 Å². The monoisotopic (exact) mass is 368 g/mol. The van der Waals surface area contributed by atoms with Gasteiger partial charge in [-0.2, -0.15) is 11.3 Å². The zero-order valence-corrected chi connectivity index (χ0v) is 15.0. The molecule has 130 valence electrons. The van der Waals surface area contributed by atoms with E-state index in [0.717, 1.165) is 38.5 Å². The summed E-state index contributed by atoms with van der Waals surface area (Å²) in [5, 5.41) is 4.25. The summed E-state index contributed by atoms with van der Waals surface area (Å²) in [5.74, 6) is -0.216. The number of likely N-dealkylation sites (tertiary alicyclic amines) is 1. The van der Waals surface area contributed by atoms with Gasteiger partial charge in [0.25, 0.3) is 0 Å². The average molecular weight is 368 g/mol. The highest BCUT2D eigenvalue weighted by Gasteiger charge is 2.22. The fraction of sp³-hybridized carbons (Fsp3) is 0.412. The molecule has 0 saturated carbocycles. The Morgan fingerprint density at radius 1 is 1.25 bits per heavy atom. The van der Waals surface area contributed by atoms with Crippen molar-refractivity contribution in [1.82, 2.24) is 9.62 Å². The Balaban J connectivity index is 1.48. The van der Waals surface area contributed by atoms with Crippen molar-refractivity contribution < 1.29 is 12.8 Å². The number of rotatable bonds is 6. The lowest BCUT2D eigenvalue weighted by Crippen LogP contribution is -2.38. The third kappa shape index (κ3) is 4.63. The fourth-order valence-electron chi connectivity index (χ4n) is 2.93. The first kappa shape index (κ1) is 17.5. The summed E-state index contributed by atoms with van der Waals surface area (Å²) in [7, 11) is -3.64. The predicted octanol–water partition coefficient (Wildman–Crippen LogP) is 3.08. The van der Waals surface area contributed by atoms with Crippen LogP contribution in [-0.4, -0.2) is 33.0 Å². The first-order valence-corrected chi connectivity index (χ1v) is 10.4. The van der Waals surface area contributed by atoms with Gasteiger partial charge in [0.05, 0.1) is 4.90 Å². The van der Waals surface area contributed by atoms with Crippen molar-refractivity contribution in [1.29, 1.82) is 0 Å². The molecule has 1 N–H and O–H groups in total. The van der Waals surface area contributed by atoms with Gasteiger partial charge in [-0.3, -0.25) is 4.90 Å². The van der Waals surface area contributed by atoms with Crippen LogP contribution in [0, 0.1) is 11.7 Å². The SMILES string of the molecule is O=S(=O)(NCC1CCN(Cc2ccsc2)CC1)c1cccc(F)c1. The van der Waals surface area contributed by atoms with Gasteiger partial charge in [-0.25, -0.2) is 17.5 Å². The van der Waals surface area contributed by atoms with Crippen LogP contribution in [-0.2, 0) is 16.6 Å². The Bertz CT molecular complexity index is 755. The number of sulfonamides is 1. The number of nitrogens with one attached hydrogen (secondary N) is 1. The van der Waals surface area contributed by atoms with Crippen molar-refractivity contribution in [3.63, 3.8) is 0 Å². The second kappa shape index (κ2) is 7.74. The van der Waals surface area contributed by atoms with E-state index in [2.05, 4.69) is 26.4 Å². The van der Waals surface area contributed by atoms with Gasteiger partial charge in [-0.15, -0.1) is 0 Å². The Morgan fingerprint density at radius 2 is 2.04 bits per heavy atom. The number of halogens is 1. The highest BCUT2D eigenvalue weighted by atomic mass is 32.2. The maximum Gasteiger partial charge on any atom is 0.240 e. The molecule has 1 aromatic heterocycles. The van der Waals surface area contributed by atoms with Crippen LogP contribution in [0.4, 0.5) is 4.39 Å². The summed E-state index contributed by atoms with van der Waals surface area (Å²) < 4.78 is 40.2. The number of piperidine rings is 1. The lowest BCUT2D eigenvalue weighted by molar-refractivity contribution is 0.179. The molecule has 0 spiro atoms. The second-order valence-corrected chi connectivity index (χ2v) is 8.71. The molecule has 1 aromatic carbocycles. The molecule has 0 atom stereocenters. The van der Waals surface area contributed by atoms with Gasteiger partial charge in [-0.1, -0.05) is 6.07 Å². The standard InChI is InChI=1S/C17H21FN2O2S2/c18-16-2-1-3-17(10-16)24(21,22)19-11-14-4-7-20(8-5-14)12-15-6-9-23-13-15/h1-3,6,9-10,13-14,19H,4-5,7-8,11-12H2. The Hall–Kier alpha value is -1.28. The van der Waals surface area contributed by atoms with Crippen molar-refractivity contribution in [3.8, 4) is 0 Å². The molecular formula is C17H21FN2O2S2. The van der Waals surface area contributed by atoms with E-state index in [1.54, 1.807) is 11.3 Å².